The van der Waals surface area contributed by atoms with Crippen molar-refractivity contribution in [2.75, 3.05) is 0 Å². The number of nitro groups is 1. The molecule has 0 saturated carbocycles. The zero-order chi connectivity index (χ0) is 16.3. The summed E-state index contributed by atoms with van der Waals surface area (Å²) in [6, 6.07) is -1.17. The molecule has 1 rings (SSSR count). The summed E-state index contributed by atoms with van der Waals surface area (Å²) < 4.78 is 5.15. The fourth-order valence-corrected chi connectivity index (χ4v) is 2.70. The summed E-state index contributed by atoms with van der Waals surface area (Å²) in [5, 5.41) is 20.5. The maximum absolute atomic E-state index is 11.7. The lowest BCUT2D eigenvalue weighted by Crippen LogP contribution is -2.38. The Labute approximate surface area is 123 Å². The maximum Gasteiger partial charge on any atom is 0.309 e. The van der Waals surface area contributed by atoms with Crippen molar-refractivity contribution in [3.63, 3.8) is 0 Å². The standard InChI is InChI=1S/C14H23NO6/c1-7(2)9(13(16)17)5-11(15(19)20)12-6-10(8(3)4)14(18)21-12/h7-12H,5-6H2,1-4H3,(H,16,17)/t9-,10-,11-,12-/m0/s1. The highest BCUT2D eigenvalue weighted by Crippen LogP contribution is 2.32. The molecule has 21 heavy (non-hydrogen) atoms. The number of aliphatic carboxylic acids is 1. The molecule has 0 aromatic carbocycles. The largest absolute Gasteiger partial charge is 0.481 e. The van der Waals surface area contributed by atoms with E-state index in [2.05, 4.69) is 0 Å². The smallest absolute Gasteiger partial charge is 0.309 e. The molecular formula is C14H23NO6. The van der Waals surface area contributed by atoms with Gasteiger partial charge < -0.3 is 9.84 Å². The van der Waals surface area contributed by atoms with Crippen molar-refractivity contribution in [3.05, 3.63) is 10.1 Å². The Bertz CT molecular complexity index is 420. The van der Waals surface area contributed by atoms with Crippen LogP contribution in [0.1, 0.15) is 40.5 Å². The summed E-state index contributed by atoms with van der Waals surface area (Å²) in [7, 11) is 0. The fraction of sp³-hybridized carbons (Fsp3) is 0.857. The van der Waals surface area contributed by atoms with Gasteiger partial charge in [-0.1, -0.05) is 27.7 Å². The second kappa shape index (κ2) is 6.87. The molecule has 0 aromatic heterocycles. The van der Waals surface area contributed by atoms with Crippen LogP contribution in [0.3, 0.4) is 0 Å². The minimum Gasteiger partial charge on any atom is -0.481 e. The number of nitrogens with zero attached hydrogens (tertiary/aromatic N) is 1. The summed E-state index contributed by atoms with van der Waals surface area (Å²) >= 11 is 0. The Kier molecular flexibility index (Phi) is 5.69. The van der Waals surface area contributed by atoms with Gasteiger partial charge in [-0.2, -0.15) is 0 Å². The van der Waals surface area contributed by atoms with E-state index in [1.54, 1.807) is 13.8 Å². The van der Waals surface area contributed by atoms with Gasteiger partial charge in [-0.25, -0.2) is 0 Å². The number of hydrogen-bond donors (Lipinski definition) is 1. The number of rotatable bonds is 7. The van der Waals surface area contributed by atoms with Crippen LogP contribution in [0.5, 0.6) is 0 Å². The van der Waals surface area contributed by atoms with Gasteiger partial charge in [-0.05, 0) is 11.8 Å². The van der Waals surface area contributed by atoms with E-state index in [4.69, 9.17) is 4.74 Å². The zero-order valence-electron chi connectivity index (χ0n) is 12.8. The molecule has 1 aliphatic heterocycles. The summed E-state index contributed by atoms with van der Waals surface area (Å²) in [6.07, 6.45) is -0.671. The molecule has 0 spiro atoms. The molecular weight excluding hydrogens is 278 g/mol. The molecule has 4 atom stereocenters. The van der Waals surface area contributed by atoms with E-state index in [1.165, 1.54) is 0 Å². The average Bonchev–Trinajstić information content (AvgIpc) is 2.70. The number of carboxylic acid groups (broad SMARTS) is 1. The molecule has 120 valence electrons. The minimum atomic E-state index is -1.17. The summed E-state index contributed by atoms with van der Waals surface area (Å²) in [5.74, 6) is -2.81. The highest BCUT2D eigenvalue weighted by atomic mass is 16.6. The SMILES string of the molecule is CC(C)[C@H](C[C@@H]([C@@H]1C[C@@H](C(C)C)C(=O)O1)[N+](=O)[O-])C(=O)O. The van der Waals surface area contributed by atoms with Gasteiger partial charge in [-0.3, -0.25) is 19.7 Å². The summed E-state index contributed by atoms with van der Waals surface area (Å²) in [6.45, 7) is 7.16. The van der Waals surface area contributed by atoms with Gasteiger partial charge in [-0.15, -0.1) is 0 Å². The molecule has 1 heterocycles. The molecule has 1 N–H and O–H groups in total. The van der Waals surface area contributed by atoms with Crippen LogP contribution in [-0.2, 0) is 14.3 Å². The molecule has 1 aliphatic rings. The number of esters is 1. The Morgan fingerprint density at radius 1 is 1.43 bits per heavy atom. The molecule has 0 aliphatic carbocycles. The van der Waals surface area contributed by atoms with Crippen LogP contribution >= 0.6 is 0 Å². The number of hydrogen-bond acceptors (Lipinski definition) is 5. The average molecular weight is 301 g/mol. The van der Waals surface area contributed by atoms with Crippen molar-refractivity contribution in [2.45, 2.75) is 52.7 Å². The van der Waals surface area contributed by atoms with Gasteiger partial charge in [0.05, 0.1) is 11.8 Å². The second-order valence-corrected chi connectivity index (χ2v) is 6.34. The van der Waals surface area contributed by atoms with Crippen LogP contribution in [0.2, 0.25) is 0 Å². The van der Waals surface area contributed by atoms with Gasteiger partial charge in [0, 0.05) is 17.8 Å². The highest BCUT2D eigenvalue weighted by Gasteiger charge is 2.47. The van der Waals surface area contributed by atoms with Crippen molar-refractivity contribution in [1.82, 2.24) is 0 Å². The van der Waals surface area contributed by atoms with Gasteiger partial charge in [0.1, 0.15) is 0 Å². The second-order valence-electron chi connectivity index (χ2n) is 6.34. The highest BCUT2D eigenvalue weighted by molar-refractivity contribution is 5.75. The number of cyclic esters (lactones) is 1. The normalized spacial score (nSPS) is 25.0. The fourth-order valence-electron chi connectivity index (χ4n) is 2.70. The molecule has 0 aromatic rings. The monoisotopic (exact) mass is 301 g/mol. The van der Waals surface area contributed by atoms with Crippen molar-refractivity contribution in [1.29, 1.82) is 0 Å². The van der Waals surface area contributed by atoms with Gasteiger partial charge in [0.15, 0.2) is 6.10 Å². The first kappa shape index (κ1) is 17.4. The van der Waals surface area contributed by atoms with Crippen LogP contribution in [-0.4, -0.2) is 34.1 Å². The first-order chi connectivity index (χ1) is 9.65. The Morgan fingerprint density at radius 3 is 2.33 bits per heavy atom. The Hall–Kier alpha value is -1.66. The topological polar surface area (TPSA) is 107 Å². The third-order valence-electron chi connectivity index (χ3n) is 4.18. The van der Waals surface area contributed by atoms with Gasteiger partial charge >= 0.3 is 11.9 Å². The number of carbonyl (C=O) groups excluding carboxylic acids is 1. The number of carbonyl (C=O) groups is 2. The van der Waals surface area contributed by atoms with Crippen LogP contribution in [0, 0.1) is 33.8 Å². The third-order valence-corrected chi connectivity index (χ3v) is 4.18. The van der Waals surface area contributed by atoms with E-state index in [1.807, 2.05) is 13.8 Å². The number of carboxylic acids is 1. The third kappa shape index (κ3) is 4.15. The Balaban J connectivity index is 2.86. The van der Waals surface area contributed by atoms with Crippen molar-refractivity contribution in [3.8, 4) is 0 Å². The van der Waals surface area contributed by atoms with E-state index in [-0.39, 0.29) is 30.6 Å². The quantitative estimate of drug-likeness (QED) is 0.437. The summed E-state index contributed by atoms with van der Waals surface area (Å²) in [5.41, 5.74) is 0. The van der Waals surface area contributed by atoms with Crippen molar-refractivity contribution >= 4 is 11.9 Å². The van der Waals surface area contributed by atoms with Gasteiger partial charge in [0.25, 0.3) is 0 Å². The zero-order valence-corrected chi connectivity index (χ0v) is 12.8. The van der Waals surface area contributed by atoms with Gasteiger partial charge in [0.2, 0.25) is 6.04 Å². The Morgan fingerprint density at radius 2 is 2.00 bits per heavy atom. The molecule has 1 saturated heterocycles. The lowest BCUT2D eigenvalue weighted by atomic mass is 9.85. The summed E-state index contributed by atoms with van der Waals surface area (Å²) in [4.78, 5) is 33.7. The van der Waals surface area contributed by atoms with Crippen LogP contribution in [0.15, 0.2) is 0 Å². The molecule has 7 nitrogen and oxygen atoms in total. The van der Waals surface area contributed by atoms with E-state index in [9.17, 15) is 24.8 Å². The molecule has 7 heteroatoms. The van der Waals surface area contributed by atoms with E-state index >= 15 is 0 Å². The predicted molar refractivity (Wildman–Crippen MR) is 74.2 cm³/mol. The molecule has 1 fully saturated rings. The van der Waals surface area contributed by atoms with E-state index in [0.29, 0.717) is 0 Å². The first-order valence-electron chi connectivity index (χ1n) is 7.21. The lowest BCUT2D eigenvalue weighted by molar-refractivity contribution is -0.535. The van der Waals surface area contributed by atoms with E-state index in [0.717, 1.165) is 0 Å². The molecule has 0 amide bonds. The van der Waals surface area contributed by atoms with Crippen molar-refractivity contribution < 1.29 is 24.4 Å². The van der Waals surface area contributed by atoms with Crippen LogP contribution in [0.4, 0.5) is 0 Å². The minimum absolute atomic E-state index is 0.0512. The van der Waals surface area contributed by atoms with Crippen molar-refractivity contribution in [2.24, 2.45) is 23.7 Å². The number of ether oxygens (including phenoxy) is 1. The van der Waals surface area contributed by atoms with E-state index < -0.39 is 34.9 Å². The molecule has 0 radical (unpaired) electrons. The maximum atomic E-state index is 11.7. The molecule has 0 bridgehead atoms. The first-order valence-corrected chi connectivity index (χ1v) is 7.21. The van der Waals surface area contributed by atoms with Crippen LogP contribution < -0.4 is 0 Å². The predicted octanol–water partition coefficient (Wildman–Crippen LogP) is 1.97. The lowest BCUT2D eigenvalue weighted by Gasteiger charge is -2.21. The van der Waals surface area contributed by atoms with Crippen LogP contribution in [0.25, 0.3) is 0 Å². The molecule has 0 unspecified atom stereocenters.